The predicted molar refractivity (Wildman–Crippen MR) is 101 cm³/mol. The second-order valence-corrected chi connectivity index (χ2v) is 6.40. The molecule has 0 spiro atoms. The van der Waals surface area contributed by atoms with Gasteiger partial charge in [0.2, 0.25) is 5.78 Å². The summed E-state index contributed by atoms with van der Waals surface area (Å²) < 4.78 is 43.9. The highest BCUT2D eigenvalue weighted by atomic mass is 19.4. The minimum Gasteiger partial charge on any atom is -0.406 e. The van der Waals surface area contributed by atoms with Gasteiger partial charge in [-0.25, -0.2) is 4.68 Å². The van der Waals surface area contributed by atoms with E-state index in [9.17, 15) is 18.0 Å². The number of nitrogens with two attached hydrogens (primary N) is 1. The monoisotopic (exact) mass is 400 g/mol. The third kappa shape index (κ3) is 3.42. The molecule has 6 nitrogen and oxygen atoms in total. The Hall–Kier alpha value is -3.75. The first-order valence-electron chi connectivity index (χ1n) is 8.53. The molecule has 0 saturated heterocycles. The van der Waals surface area contributed by atoms with Crippen LogP contribution in [0.4, 0.5) is 19.0 Å². The SMILES string of the molecule is Cn1cc(C(=O)c2cnn(-c3ccc(OC(F)(F)F)cc3)c2N)c2ccccc21. The highest BCUT2D eigenvalue weighted by molar-refractivity contribution is 6.18. The molecule has 2 aromatic carbocycles. The molecule has 148 valence electrons. The molecule has 0 fully saturated rings. The third-order valence-corrected chi connectivity index (χ3v) is 4.51. The molecule has 0 amide bonds. The van der Waals surface area contributed by atoms with Gasteiger partial charge in [-0.15, -0.1) is 13.2 Å². The van der Waals surface area contributed by atoms with Crippen molar-refractivity contribution in [1.82, 2.24) is 14.3 Å². The molecule has 0 unspecified atom stereocenters. The van der Waals surface area contributed by atoms with Crippen molar-refractivity contribution in [3.8, 4) is 11.4 Å². The smallest absolute Gasteiger partial charge is 0.406 e. The number of ketones is 1. The topological polar surface area (TPSA) is 75.1 Å². The maximum Gasteiger partial charge on any atom is 0.573 e. The number of hydrogen-bond donors (Lipinski definition) is 1. The van der Waals surface area contributed by atoms with Crippen LogP contribution in [0.15, 0.2) is 60.9 Å². The standard InChI is InChI=1S/C20H15F3N4O2/c1-26-11-16(14-4-2-3-5-17(14)26)18(28)15-10-25-27(19(15)24)12-6-8-13(9-7-12)29-20(21,22)23/h2-11H,24H2,1H3. The average molecular weight is 400 g/mol. The van der Waals surface area contributed by atoms with Crippen molar-refractivity contribution in [2.45, 2.75) is 6.36 Å². The molecule has 2 aromatic heterocycles. The number of fused-ring (bicyclic) bond motifs is 1. The van der Waals surface area contributed by atoms with Crippen LogP contribution in [0.2, 0.25) is 0 Å². The Morgan fingerprint density at radius 2 is 1.76 bits per heavy atom. The molecule has 4 aromatic rings. The Bertz CT molecular complexity index is 1210. The van der Waals surface area contributed by atoms with Crippen molar-refractivity contribution in [2.24, 2.45) is 7.05 Å². The summed E-state index contributed by atoms with van der Waals surface area (Å²) in [5.41, 5.74) is 8.12. The molecule has 9 heteroatoms. The summed E-state index contributed by atoms with van der Waals surface area (Å²) in [4.78, 5) is 13.1. The van der Waals surface area contributed by atoms with E-state index < -0.39 is 6.36 Å². The largest absolute Gasteiger partial charge is 0.573 e. The van der Waals surface area contributed by atoms with Gasteiger partial charge in [0.15, 0.2) is 0 Å². The van der Waals surface area contributed by atoms with Gasteiger partial charge < -0.3 is 15.0 Å². The first-order chi connectivity index (χ1) is 13.7. The van der Waals surface area contributed by atoms with Crippen LogP contribution >= 0.6 is 0 Å². The van der Waals surface area contributed by atoms with Gasteiger partial charge in [-0.1, -0.05) is 18.2 Å². The summed E-state index contributed by atoms with van der Waals surface area (Å²) >= 11 is 0. The molecule has 0 saturated carbocycles. The number of nitrogens with zero attached hydrogens (tertiary/aromatic N) is 3. The lowest BCUT2D eigenvalue weighted by Gasteiger charge is -2.10. The number of alkyl halides is 3. The maximum atomic E-state index is 13.1. The van der Waals surface area contributed by atoms with Crippen LogP contribution in [0.5, 0.6) is 5.75 Å². The van der Waals surface area contributed by atoms with E-state index in [-0.39, 0.29) is 22.9 Å². The maximum absolute atomic E-state index is 13.1. The van der Waals surface area contributed by atoms with Gasteiger partial charge in [0.1, 0.15) is 11.6 Å². The quantitative estimate of drug-likeness (QED) is 0.524. The summed E-state index contributed by atoms with van der Waals surface area (Å²) in [6, 6.07) is 12.5. The fraction of sp³-hybridized carbons (Fsp3) is 0.100. The highest BCUT2D eigenvalue weighted by Crippen LogP contribution is 2.28. The molecule has 4 rings (SSSR count). The third-order valence-electron chi connectivity index (χ3n) is 4.51. The van der Waals surface area contributed by atoms with Crippen molar-refractivity contribution in [1.29, 1.82) is 0 Å². The lowest BCUT2D eigenvalue weighted by atomic mass is 10.0. The number of aryl methyl sites for hydroxylation is 1. The zero-order valence-corrected chi connectivity index (χ0v) is 15.1. The zero-order valence-electron chi connectivity index (χ0n) is 15.1. The summed E-state index contributed by atoms with van der Waals surface area (Å²) in [5.74, 6) is -0.561. The average Bonchev–Trinajstić information content (AvgIpc) is 3.22. The minimum atomic E-state index is -4.77. The van der Waals surface area contributed by atoms with E-state index in [4.69, 9.17) is 5.73 Å². The molecular formula is C20H15F3N4O2. The number of ether oxygens (including phenoxy) is 1. The van der Waals surface area contributed by atoms with Crippen LogP contribution in [0, 0.1) is 0 Å². The van der Waals surface area contributed by atoms with Gasteiger partial charge in [-0.3, -0.25) is 4.79 Å². The number of hydrogen-bond acceptors (Lipinski definition) is 4. The lowest BCUT2D eigenvalue weighted by molar-refractivity contribution is -0.274. The number of rotatable bonds is 4. The fourth-order valence-corrected chi connectivity index (χ4v) is 3.20. The summed E-state index contributed by atoms with van der Waals surface area (Å²) in [7, 11) is 1.84. The fourth-order valence-electron chi connectivity index (χ4n) is 3.20. The van der Waals surface area contributed by atoms with E-state index in [0.29, 0.717) is 11.3 Å². The number of halogens is 3. The number of para-hydroxylation sites is 1. The van der Waals surface area contributed by atoms with Crippen molar-refractivity contribution >= 4 is 22.5 Å². The van der Waals surface area contributed by atoms with Crippen LogP contribution in [-0.4, -0.2) is 26.5 Å². The molecule has 0 aliphatic carbocycles. The molecule has 2 heterocycles. The van der Waals surface area contributed by atoms with Gasteiger partial charge in [0.25, 0.3) is 0 Å². The summed E-state index contributed by atoms with van der Waals surface area (Å²) in [6.45, 7) is 0. The molecule has 0 radical (unpaired) electrons. The number of aromatic nitrogens is 3. The first kappa shape index (κ1) is 18.6. The normalized spacial score (nSPS) is 11.7. The second-order valence-electron chi connectivity index (χ2n) is 6.40. The number of anilines is 1. The van der Waals surface area contributed by atoms with Crippen molar-refractivity contribution in [3.63, 3.8) is 0 Å². The Morgan fingerprint density at radius 3 is 2.45 bits per heavy atom. The Kier molecular flexibility index (Phi) is 4.30. The number of benzene rings is 2. The van der Waals surface area contributed by atoms with Gasteiger partial charge in [-0.05, 0) is 30.3 Å². The number of carbonyl (C=O) groups excluding carboxylic acids is 1. The summed E-state index contributed by atoms with van der Waals surface area (Å²) in [5, 5.41) is 4.92. The van der Waals surface area contributed by atoms with Crippen LogP contribution < -0.4 is 10.5 Å². The summed E-state index contributed by atoms with van der Waals surface area (Å²) in [6.07, 6.45) is -1.70. The second kappa shape index (κ2) is 6.69. The van der Waals surface area contributed by atoms with Gasteiger partial charge in [-0.2, -0.15) is 5.10 Å². The number of carbonyl (C=O) groups is 1. The van der Waals surface area contributed by atoms with E-state index in [2.05, 4.69) is 9.84 Å². The minimum absolute atomic E-state index is 0.0902. The van der Waals surface area contributed by atoms with E-state index in [1.807, 2.05) is 35.9 Å². The van der Waals surface area contributed by atoms with E-state index in [1.165, 1.54) is 23.0 Å². The Balaban J connectivity index is 1.67. The lowest BCUT2D eigenvalue weighted by Crippen LogP contribution is -2.17. The van der Waals surface area contributed by atoms with Crippen LogP contribution in [-0.2, 0) is 7.05 Å². The van der Waals surface area contributed by atoms with Crippen LogP contribution in [0.1, 0.15) is 15.9 Å². The molecule has 29 heavy (non-hydrogen) atoms. The Morgan fingerprint density at radius 1 is 1.07 bits per heavy atom. The van der Waals surface area contributed by atoms with Crippen LogP contribution in [0.3, 0.4) is 0 Å². The molecular weight excluding hydrogens is 385 g/mol. The molecule has 2 N–H and O–H groups in total. The highest BCUT2D eigenvalue weighted by Gasteiger charge is 2.31. The van der Waals surface area contributed by atoms with Crippen molar-refractivity contribution in [3.05, 3.63) is 72.1 Å². The zero-order chi connectivity index (χ0) is 20.8. The van der Waals surface area contributed by atoms with Crippen LogP contribution in [0.25, 0.3) is 16.6 Å². The van der Waals surface area contributed by atoms with Gasteiger partial charge >= 0.3 is 6.36 Å². The first-order valence-corrected chi connectivity index (χ1v) is 8.53. The van der Waals surface area contributed by atoms with E-state index in [1.54, 1.807) is 6.20 Å². The number of nitrogen functional groups attached to an aromatic ring is 1. The van der Waals surface area contributed by atoms with Crippen molar-refractivity contribution in [2.75, 3.05) is 5.73 Å². The van der Waals surface area contributed by atoms with E-state index in [0.717, 1.165) is 23.0 Å². The van der Waals surface area contributed by atoms with Gasteiger partial charge in [0, 0.05) is 29.7 Å². The molecule has 0 atom stereocenters. The van der Waals surface area contributed by atoms with Gasteiger partial charge in [0.05, 0.1) is 17.4 Å². The molecule has 0 aliphatic rings. The molecule has 0 bridgehead atoms. The Labute approximate surface area is 162 Å². The predicted octanol–water partition coefficient (Wildman–Crippen LogP) is 4.08. The molecule has 0 aliphatic heterocycles. The van der Waals surface area contributed by atoms with Crippen molar-refractivity contribution < 1.29 is 22.7 Å². The van der Waals surface area contributed by atoms with E-state index >= 15 is 0 Å².